The maximum Gasteiger partial charge on any atom is 0.251 e. The lowest BCUT2D eigenvalue weighted by molar-refractivity contribution is 0.0952. The van der Waals surface area contributed by atoms with E-state index >= 15 is 0 Å². The first-order valence-electron chi connectivity index (χ1n) is 7.32. The minimum atomic E-state index is 0.0240. The van der Waals surface area contributed by atoms with Crippen LogP contribution in [0.15, 0.2) is 30.5 Å². The molecule has 5 nitrogen and oxygen atoms in total. The number of fused-ring (bicyclic) bond motifs is 1. The highest BCUT2D eigenvalue weighted by molar-refractivity contribution is 5.96. The van der Waals surface area contributed by atoms with Crippen molar-refractivity contribution in [1.82, 2.24) is 20.4 Å². The highest BCUT2D eigenvalue weighted by Crippen LogP contribution is 2.18. The van der Waals surface area contributed by atoms with Crippen LogP contribution < -0.4 is 10.6 Å². The number of nitrogens with one attached hydrogen (secondary N) is 2. The highest BCUT2D eigenvalue weighted by Gasteiger charge is 2.16. The predicted molar refractivity (Wildman–Crippen MR) is 81.1 cm³/mol. The number of nitrogens with zero attached hydrogens (tertiary/aromatic N) is 2. The lowest BCUT2D eigenvalue weighted by Crippen LogP contribution is -2.30. The Morgan fingerprint density at radius 2 is 2.33 bits per heavy atom. The van der Waals surface area contributed by atoms with Crippen LogP contribution in [0.5, 0.6) is 0 Å². The van der Waals surface area contributed by atoms with Gasteiger partial charge >= 0.3 is 0 Å². The lowest BCUT2D eigenvalue weighted by Gasteiger charge is -2.19. The van der Waals surface area contributed by atoms with Gasteiger partial charge in [-0.3, -0.25) is 9.48 Å². The molecule has 2 N–H and O–H groups in total. The third-order valence-electron chi connectivity index (χ3n) is 3.97. The van der Waals surface area contributed by atoms with E-state index in [1.165, 1.54) is 11.1 Å². The van der Waals surface area contributed by atoms with E-state index in [-0.39, 0.29) is 5.91 Å². The van der Waals surface area contributed by atoms with Crippen LogP contribution in [0.1, 0.15) is 27.2 Å². The van der Waals surface area contributed by atoms with Gasteiger partial charge in [0.25, 0.3) is 5.91 Å². The second-order valence-electron chi connectivity index (χ2n) is 5.32. The molecular weight excluding hydrogens is 264 g/mol. The molecule has 1 amide bonds. The number of aromatic nitrogens is 2. The summed E-state index contributed by atoms with van der Waals surface area (Å²) in [6.45, 7) is 2.41. The summed E-state index contributed by atoms with van der Waals surface area (Å²) in [5.41, 5.74) is 4.36. The Kier molecular flexibility index (Phi) is 4.01. The maximum absolute atomic E-state index is 12.4. The Morgan fingerprint density at radius 3 is 3.14 bits per heavy atom. The minimum absolute atomic E-state index is 0.0240. The van der Waals surface area contributed by atoms with Crippen molar-refractivity contribution in [2.45, 2.75) is 19.4 Å². The van der Waals surface area contributed by atoms with E-state index in [4.69, 9.17) is 0 Å². The SMILES string of the molecule is Cn1nccc1CCNC(=O)c1cccc2c1CCNC2. The second-order valence-corrected chi connectivity index (χ2v) is 5.32. The van der Waals surface area contributed by atoms with Crippen molar-refractivity contribution < 1.29 is 4.79 Å². The fourth-order valence-corrected chi connectivity index (χ4v) is 2.79. The van der Waals surface area contributed by atoms with E-state index in [1.807, 2.05) is 29.9 Å². The fraction of sp³-hybridized carbons (Fsp3) is 0.375. The first-order chi connectivity index (χ1) is 10.3. The quantitative estimate of drug-likeness (QED) is 0.882. The monoisotopic (exact) mass is 284 g/mol. The van der Waals surface area contributed by atoms with Crippen molar-refractivity contribution in [3.8, 4) is 0 Å². The van der Waals surface area contributed by atoms with E-state index in [9.17, 15) is 4.79 Å². The largest absolute Gasteiger partial charge is 0.352 e. The number of benzene rings is 1. The first-order valence-corrected chi connectivity index (χ1v) is 7.32. The van der Waals surface area contributed by atoms with Crippen molar-refractivity contribution in [1.29, 1.82) is 0 Å². The van der Waals surface area contributed by atoms with Gasteiger partial charge in [0.05, 0.1) is 0 Å². The summed E-state index contributed by atoms with van der Waals surface area (Å²) in [6, 6.07) is 7.95. The molecule has 110 valence electrons. The maximum atomic E-state index is 12.4. The van der Waals surface area contributed by atoms with Crippen molar-refractivity contribution in [3.05, 3.63) is 52.8 Å². The van der Waals surface area contributed by atoms with Gasteiger partial charge in [0.2, 0.25) is 0 Å². The molecule has 1 aromatic heterocycles. The average molecular weight is 284 g/mol. The zero-order chi connectivity index (χ0) is 14.7. The number of hydrogen-bond acceptors (Lipinski definition) is 3. The summed E-state index contributed by atoms with van der Waals surface area (Å²) < 4.78 is 1.84. The smallest absolute Gasteiger partial charge is 0.251 e. The molecule has 0 radical (unpaired) electrons. The first kappa shape index (κ1) is 13.8. The summed E-state index contributed by atoms with van der Waals surface area (Å²) in [5, 5.41) is 10.5. The van der Waals surface area contributed by atoms with Crippen molar-refractivity contribution in [2.24, 2.45) is 7.05 Å². The number of rotatable bonds is 4. The van der Waals surface area contributed by atoms with E-state index in [0.717, 1.165) is 37.2 Å². The average Bonchev–Trinajstić information content (AvgIpc) is 2.92. The molecule has 0 saturated carbocycles. The standard InChI is InChI=1S/C16H20N4O/c1-20-13(6-10-19-20)5-9-18-16(21)15-4-2-3-12-11-17-8-7-14(12)15/h2-4,6,10,17H,5,7-9,11H2,1H3,(H,18,21). The van der Waals surface area contributed by atoms with E-state index < -0.39 is 0 Å². The van der Waals surface area contributed by atoms with Crippen molar-refractivity contribution >= 4 is 5.91 Å². The molecule has 0 fully saturated rings. The lowest BCUT2D eigenvalue weighted by atomic mass is 9.95. The number of hydrogen-bond donors (Lipinski definition) is 2. The topological polar surface area (TPSA) is 59.0 Å². The molecule has 1 aliphatic rings. The van der Waals surface area contributed by atoms with E-state index in [2.05, 4.69) is 21.8 Å². The summed E-state index contributed by atoms with van der Waals surface area (Å²) in [4.78, 5) is 12.4. The highest BCUT2D eigenvalue weighted by atomic mass is 16.1. The minimum Gasteiger partial charge on any atom is -0.352 e. The Bertz CT molecular complexity index is 647. The second kappa shape index (κ2) is 6.10. The van der Waals surface area contributed by atoms with Crippen LogP contribution in [-0.2, 0) is 26.4 Å². The number of amides is 1. The van der Waals surface area contributed by atoms with Crippen molar-refractivity contribution in [3.63, 3.8) is 0 Å². The molecule has 5 heteroatoms. The molecule has 2 heterocycles. The summed E-state index contributed by atoms with van der Waals surface area (Å²) in [7, 11) is 1.91. The predicted octanol–water partition coefficient (Wildman–Crippen LogP) is 1.04. The molecule has 3 rings (SSSR count). The molecule has 0 spiro atoms. The Morgan fingerprint density at radius 1 is 1.43 bits per heavy atom. The number of aryl methyl sites for hydroxylation is 1. The van der Waals surface area contributed by atoms with Gasteiger partial charge < -0.3 is 10.6 Å². The summed E-state index contributed by atoms with van der Waals surface area (Å²) in [5.74, 6) is 0.0240. The third-order valence-corrected chi connectivity index (χ3v) is 3.97. The Labute approximate surface area is 124 Å². The molecule has 1 aliphatic heterocycles. The molecule has 2 aromatic rings. The van der Waals surface area contributed by atoms with Gasteiger partial charge in [0, 0.05) is 44.0 Å². The van der Waals surface area contributed by atoms with Gasteiger partial charge in [0.1, 0.15) is 0 Å². The van der Waals surface area contributed by atoms with Gasteiger partial charge in [-0.1, -0.05) is 12.1 Å². The molecule has 0 saturated heterocycles. The van der Waals surface area contributed by atoms with Gasteiger partial charge in [-0.15, -0.1) is 0 Å². The van der Waals surface area contributed by atoms with Crippen LogP contribution in [0.3, 0.4) is 0 Å². The third kappa shape index (κ3) is 2.97. The van der Waals surface area contributed by atoms with Crippen LogP contribution in [0.25, 0.3) is 0 Å². The zero-order valence-electron chi connectivity index (χ0n) is 12.2. The zero-order valence-corrected chi connectivity index (χ0v) is 12.2. The van der Waals surface area contributed by atoms with Gasteiger partial charge in [0.15, 0.2) is 0 Å². The van der Waals surface area contributed by atoms with Gasteiger partial charge in [-0.25, -0.2) is 0 Å². The molecule has 0 atom stereocenters. The molecule has 0 bridgehead atoms. The normalized spacial score (nSPS) is 13.8. The van der Waals surface area contributed by atoms with E-state index in [0.29, 0.717) is 6.54 Å². The number of carbonyl (C=O) groups is 1. The molecule has 0 unspecified atom stereocenters. The van der Waals surface area contributed by atoms with Crippen LogP contribution in [0.4, 0.5) is 0 Å². The summed E-state index contributed by atoms with van der Waals surface area (Å²) in [6.07, 6.45) is 3.48. The van der Waals surface area contributed by atoms with E-state index in [1.54, 1.807) is 6.20 Å². The van der Waals surface area contributed by atoms with Crippen LogP contribution in [-0.4, -0.2) is 28.8 Å². The van der Waals surface area contributed by atoms with Crippen LogP contribution in [0.2, 0.25) is 0 Å². The molecule has 21 heavy (non-hydrogen) atoms. The van der Waals surface area contributed by atoms with Crippen molar-refractivity contribution in [2.75, 3.05) is 13.1 Å². The molecule has 0 aliphatic carbocycles. The molecular formula is C16H20N4O. The van der Waals surface area contributed by atoms with Crippen LogP contribution in [0, 0.1) is 0 Å². The fourth-order valence-electron chi connectivity index (χ4n) is 2.79. The van der Waals surface area contributed by atoms with Crippen LogP contribution >= 0.6 is 0 Å². The Hall–Kier alpha value is -2.14. The molecule has 1 aromatic carbocycles. The Balaban J connectivity index is 1.64. The number of carbonyl (C=O) groups excluding carboxylic acids is 1. The van der Waals surface area contributed by atoms with Gasteiger partial charge in [-0.05, 0) is 36.2 Å². The van der Waals surface area contributed by atoms with Gasteiger partial charge in [-0.2, -0.15) is 5.10 Å². The summed E-state index contributed by atoms with van der Waals surface area (Å²) >= 11 is 0.